The lowest BCUT2D eigenvalue weighted by Crippen LogP contribution is -2.10. The number of thiophene rings is 1. The summed E-state index contributed by atoms with van der Waals surface area (Å²) in [5.41, 5.74) is 2.61. The Bertz CT molecular complexity index is 1180. The highest BCUT2D eigenvalue weighted by Crippen LogP contribution is 2.23. The summed E-state index contributed by atoms with van der Waals surface area (Å²) < 4.78 is 24.9. The Morgan fingerprint density at radius 2 is 1.85 bits per heavy atom. The van der Waals surface area contributed by atoms with Gasteiger partial charge in [0.2, 0.25) is 0 Å². The van der Waals surface area contributed by atoms with Crippen LogP contribution in [0.2, 0.25) is 0 Å². The van der Waals surface area contributed by atoms with Crippen molar-refractivity contribution >= 4 is 32.6 Å². The SMILES string of the molecule is CC(Nc1ccc2nnc(-c3ccsc3)n2n1)c1ccc(S(C)(=O)=O)cc1. The highest BCUT2D eigenvalue weighted by molar-refractivity contribution is 7.90. The monoisotopic (exact) mass is 399 g/mol. The van der Waals surface area contributed by atoms with Crippen molar-refractivity contribution < 1.29 is 8.42 Å². The molecule has 0 amide bonds. The number of sulfone groups is 1. The van der Waals surface area contributed by atoms with Gasteiger partial charge < -0.3 is 5.32 Å². The van der Waals surface area contributed by atoms with E-state index in [1.807, 2.05) is 48.0 Å². The molecule has 0 spiro atoms. The molecule has 1 atom stereocenters. The molecule has 0 aliphatic rings. The van der Waals surface area contributed by atoms with Crippen molar-refractivity contribution in [2.24, 2.45) is 0 Å². The quantitative estimate of drug-likeness (QED) is 0.553. The van der Waals surface area contributed by atoms with Crippen LogP contribution in [0.25, 0.3) is 17.0 Å². The van der Waals surface area contributed by atoms with Gasteiger partial charge in [-0.15, -0.1) is 15.3 Å². The molecule has 7 nitrogen and oxygen atoms in total. The summed E-state index contributed by atoms with van der Waals surface area (Å²) in [7, 11) is -3.20. The van der Waals surface area contributed by atoms with Gasteiger partial charge in [-0.25, -0.2) is 8.42 Å². The number of hydrogen-bond donors (Lipinski definition) is 1. The van der Waals surface area contributed by atoms with Crippen molar-refractivity contribution in [3.63, 3.8) is 0 Å². The van der Waals surface area contributed by atoms with Gasteiger partial charge in [-0.3, -0.25) is 0 Å². The first kappa shape index (κ1) is 17.6. The zero-order valence-corrected chi connectivity index (χ0v) is 16.3. The van der Waals surface area contributed by atoms with Gasteiger partial charge in [-0.1, -0.05) is 12.1 Å². The van der Waals surface area contributed by atoms with Gasteiger partial charge in [0.15, 0.2) is 21.3 Å². The van der Waals surface area contributed by atoms with E-state index < -0.39 is 9.84 Å². The first-order valence-corrected chi connectivity index (χ1v) is 11.1. The van der Waals surface area contributed by atoms with Crippen LogP contribution in [0.1, 0.15) is 18.5 Å². The topological polar surface area (TPSA) is 89.2 Å². The maximum Gasteiger partial charge on any atom is 0.186 e. The number of aromatic nitrogens is 4. The number of benzene rings is 1. The minimum atomic E-state index is -3.20. The van der Waals surface area contributed by atoms with E-state index in [0.717, 1.165) is 11.1 Å². The molecule has 0 saturated heterocycles. The highest BCUT2D eigenvalue weighted by Gasteiger charge is 2.13. The van der Waals surface area contributed by atoms with Gasteiger partial charge in [0.25, 0.3) is 0 Å². The maximum absolute atomic E-state index is 11.6. The van der Waals surface area contributed by atoms with Gasteiger partial charge >= 0.3 is 0 Å². The third-order valence-corrected chi connectivity index (χ3v) is 6.03. The fraction of sp³-hybridized carbons (Fsp3) is 0.167. The van der Waals surface area contributed by atoms with Gasteiger partial charge in [-0.2, -0.15) is 15.9 Å². The average molecular weight is 400 g/mol. The number of fused-ring (bicyclic) bond motifs is 1. The molecular weight excluding hydrogens is 382 g/mol. The molecule has 0 aliphatic heterocycles. The molecule has 9 heteroatoms. The summed E-state index contributed by atoms with van der Waals surface area (Å²) in [5.74, 6) is 1.37. The lowest BCUT2D eigenvalue weighted by molar-refractivity contribution is 0.602. The average Bonchev–Trinajstić information content (AvgIpc) is 3.30. The van der Waals surface area contributed by atoms with Crippen molar-refractivity contribution in [1.29, 1.82) is 0 Å². The van der Waals surface area contributed by atoms with E-state index in [9.17, 15) is 8.42 Å². The summed E-state index contributed by atoms with van der Waals surface area (Å²) in [6, 6.07) is 12.5. The molecule has 1 aromatic carbocycles. The second-order valence-corrected chi connectivity index (χ2v) is 9.03. The highest BCUT2D eigenvalue weighted by atomic mass is 32.2. The normalized spacial score (nSPS) is 13.0. The summed E-state index contributed by atoms with van der Waals surface area (Å²) in [5, 5.41) is 20.3. The molecule has 1 N–H and O–H groups in total. The van der Waals surface area contributed by atoms with Crippen LogP contribution in [0.4, 0.5) is 5.82 Å². The van der Waals surface area contributed by atoms with Crippen molar-refractivity contribution in [2.45, 2.75) is 17.9 Å². The van der Waals surface area contributed by atoms with E-state index in [2.05, 4.69) is 20.6 Å². The van der Waals surface area contributed by atoms with Crippen LogP contribution in [-0.2, 0) is 9.84 Å². The maximum atomic E-state index is 11.6. The molecule has 0 fully saturated rings. The molecule has 1 unspecified atom stereocenters. The molecule has 0 bridgehead atoms. The molecule has 27 heavy (non-hydrogen) atoms. The molecule has 0 aliphatic carbocycles. The second-order valence-electron chi connectivity index (χ2n) is 6.23. The third-order valence-electron chi connectivity index (χ3n) is 4.21. The van der Waals surface area contributed by atoms with Crippen LogP contribution in [0, 0.1) is 0 Å². The molecule has 4 aromatic rings. The van der Waals surface area contributed by atoms with Crippen LogP contribution < -0.4 is 5.32 Å². The molecule has 0 radical (unpaired) electrons. The fourth-order valence-electron chi connectivity index (χ4n) is 2.75. The van der Waals surface area contributed by atoms with Gasteiger partial charge in [0.1, 0.15) is 5.82 Å². The summed E-state index contributed by atoms with van der Waals surface area (Å²) in [6.45, 7) is 1.99. The predicted octanol–water partition coefficient (Wildman–Crippen LogP) is 3.43. The minimum Gasteiger partial charge on any atom is -0.362 e. The number of nitrogens with zero attached hydrogens (tertiary/aromatic N) is 4. The van der Waals surface area contributed by atoms with E-state index in [-0.39, 0.29) is 6.04 Å². The van der Waals surface area contributed by atoms with Crippen molar-refractivity contribution in [3.05, 3.63) is 58.8 Å². The molecule has 3 aromatic heterocycles. The third kappa shape index (κ3) is 3.56. The first-order chi connectivity index (χ1) is 12.9. The van der Waals surface area contributed by atoms with Crippen LogP contribution in [0.5, 0.6) is 0 Å². The molecule has 3 heterocycles. The number of rotatable bonds is 5. The Labute approximate surface area is 160 Å². The largest absolute Gasteiger partial charge is 0.362 e. The fourth-order valence-corrected chi connectivity index (χ4v) is 4.01. The smallest absolute Gasteiger partial charge is 0.186 e. The zero-order chi connectivity index (χ0) is 19.0. The lowest BCUT2D eigenvalue weighted by atomic mass is 10.1. The number of anilines is 1. The predicted molar refractivity (Wildman–Crippen MR) is 106 cm³/mol. The van der Waals surface area contributed by atoms with E-state index in [4.69, 9.17) is 0 Å². The Kier molecular flexibility index (Phi) is 4.40. The Hall–Kier alpha value is -2.78. The van der Waals surface area contributed by atoms with E-state index in [1.165, 1.54) is 6.26 Å². The molecule has 4 rings (SSSR count). The second kappa shape index (κ2) is 6.75. The van der Waals surface area contributed by atoms with Crippen LogP contribution >= 0.6 is 11.3 Å². The van der Waals surface area contributed by atoms with Crippen LogP contribution in [0.15, 0.2) is 58.1 Å². The molecule has 138 valence electrons. The van der Waals surface area contributed by atoms with Crippen molar-refractivity contribution in [1.82, 2.24) is 19.8 Å². The summed E-state index contributed by atoms with van der Waals surface area (Å²) in [4.78, 5) is 0.308. The van der Waals surface area contributed by atoms with Gasteiger partial charge in [-0.05, 0) is 48.2 Å². The van der Waals surface area contributed by atoms with Crippen LogP contribution in [-0.4, -0.2) is 34.5 Å². The Morgan fingerprint density at radius 3 is 2.52 bits per heavy atom. The minimum absolute atomic E-state index is 0.0513. The summed E-state index contributed by atoms with van der Waals surface area (Å²) >= 11 is 1.59. The van der Waals surface area contributed by atoms with Crippen LogP contribution in [0.3, 0.4) is 0 Å². The summed E-state index contributed by atoms with van der Waals surface area (Å²) in [6.07, 6.45) is 1.20. The number of nitrogens with one attached hydrogen (secondary N) is 1. The van der Waals surface area contributed by atoms with Gasteiger partial charge in [0, 0.05) is 23.2 Å². The molecule has 0 saturated carbocycles. The van der Waals surface area contributed by atoms with E-state index >= 15 is 0 Å². The van der Waals surface area contributed by atoms with E-state index in [1.54, 1.807) is 28.0 Å². The first-order valence-electron chi connectivity index (χ1n) is 8.23. The lowest BCUT2D eigenvalue weighted by Gasteiger charge is -2.15. The van der Waals surface area contributed by atoms with Crippen molar-refractivity contribution in [3.8, 4) is 11.4 Å². The Balaban J connectivity index is 1.60. The van der Waals surface area contributed by atoms with E-state index in [0.29, 0.717) is 22.2 Å². The van der Waals surface area contributed by atoms with Gasteiger partial charge in [0.05, 0.1) is 4.90 Å². The molecular formula is C18H17N5O2S2. The van der Waals surface area contributed by atoms with Crippen molar-refractivity contribution in [2.75, 3.05) is 11.6 Å². The number of hydrogen-bond acceptors (Lipinski definition) is 7. The standard InChI is InChI=1S/C18H17N5O2S2/c1-12(13-3-5-15(6-4-13)27(2,24)25)19-16-7-8-17-20-21-18(23(17)22-16)14-9-10-26-11-14/h3-12H,1-2H3,(H,19,22). The Morgan fingerprint density at radius 1 is 1.07 bits per heavy atom. The zero-order valence-electron chi connectivity index (χ0n) is 14.7.